The molecule has 0 aliphatic carbocycles. The van der Waals surface area contributed by atoms with Gasteiger partial charge in [-0.05, 0) is 13.0 Å². The highest BCUT2D eigenvalue weighted by Crippen LogP contribution is 2.31. The Balaban J connectivity index is 3.21. The van der Waals surface area contributed by atoms with Gasteiger partial charge in [-0.3, -0.25) is 5.10 Å². The molecule has 0 saturated carbocycles. The van der Waals surface area contributed by atoms with E-state index < -0.39 is 11.9 Å². The van der Waals surface area contributed by atoms with Crippen LogP contribution in [-0.4, -0.2) is 10.2 Å². The summed E-state index contributed by atoms with van der Waals surface area (Å²) >= 11 is 0. The number of rotatable bonds is 1. The van der Waals surface area contributed by atoms with Crippen molar-refractivity contribution in [2.45, 2.75) is 13.1 Å². The van der Waals surface area contributed by atoms with Gasteiger partial charge in [0.2, 0.25) is 0 Å². The fraction of sp³-hybridized carbons (Fsp3) is 0.250. The first-order valence-electron chi connectivity index (χ1n) is 3.65. The van der Waals surface area contributed by atoms with Crippen LogP contribution in [0.5, 0.6) is 0 Å². The van der Waals surface area contributed by atoms with Crippen LogP contribution in [0.2, 0.25) is 0 Å². The number of halogens is 3. The zero-order valence-electron chi connectivity index (χ0n) is 7.18. The second-order valence-electron chi connectivity index (χ2n) is 2.57. The number of aromatic amines is 1. The molecule has 0 aromatic carbocycles. The summed E-state index contributed by atoms with van der Waals surface area (Å²) in [4.78, 5) is 0. The van der Waals surface area contributed by atoms with E-state index in [9.17, 15) is 13.2 Å². The summed E-state index contributed by atoms with van der Waals surface area (Å²) < 4.78 is 36.9. The molecular formula is C8H6F3N3. The Kier molecular flexibility index (Phi) is 2.60. The summed E-state index contributed by atoms with van der Waals surface area (Å²) in [5, 5.41) is 13.6. The number of nitriles is 1. The van der Waals surface area contributed by atoms with Gasteiger partial charge in [0.15, 0.2) is 5.69 Å². The standard InChI is InChI=1S/C8H6F3N3/c1-5-6(3-2-4-12)7(14-13-5)8(9,10)11/h2-3H,1H3,(H,13,14). The smallest absolute Gasteiger partial charge is 0.282 e. The molecule has 1 rings (SSSR count). The van der Waals surface area contributed by atoms with E-state index in [4.69, 9.17) is 5.26 Å². The Bertz CT molecular complexity index is 395. The Morgan fingerprint density at radius 3 is 2.64 bits per heavy atom. The molecule has 0 unspecified atom stereocenters. The molecule has 74 valence electrons. The van der Waals surface area contributed by atoms with E-state index in [1.165, 1.54) is 6.92 Å². The molecule has 14 heavy (non-hydrogen) atoms. The molecule has 0 aliphatic rings. The van der Waals surface area contributed by atoms with Gasteiger partial charge in [-0.25, -0.2) is 0 Å². The van der Waals surface area contributed by atoms with E-state index in [0.717, 1.165) is 12.2 Å². The van der Waals surface area contributed by atoms with Gasteiger partial charge in [-0.2, -0.15) is 23.5 Å². The van der Waals surface area contributed by atoms with Crippen molar-refractivity contribution in [3.05, 3.63) is 23.0 Å². The van der Waals surface area contributed by atoms with Crippen LogP contribution in [0, 0.1) is 18.3 Å². The molecule has 0 spiro atoms. The van der Waals surface area contributed by atoms with Crippen molar-refractivity contribution in [3.63, 3.8) is 0 Å². The second kappa shape index (κ2) is 3.54. The lowest BCUT2D eigenvalue weighted by Gasteiger charge is -2.02. The van der Waals surface area contributed by atoms with Crippen molar-refractivity contribution in [2.24, 2.45) is 0 Å². The zero-order chi connectivity index (χ0) is 10.8. The van der Waals surface area contributed by atoms with E-state index in [0.29, 0.717) is 0 Å². The summed E-state index contributed by atoms with van der Waals surface area (Å²) in [6, 6.07) is 1.62. The molecular weight excluding hydrogens is 195 g/mol. The first-order chi connectivity index (χ1) is 6.46. The summed E-state index contributed by atoms with van der Waals surface area (Å²) in [6.45, 7) is 1.46. The molecule has 1 N–H and O–H groups in total. The third kappa shape index (κ3) is 1.93. The largest absolute Gasteiger partial charge is 0.435 e. The van der Waals surface area contributed by atoms with Crippen LogP contribution < -0.4 is 0 Å². The predicted octanol–water partition coefficient (Wildman–Crippen LogP) is 2.27. The minimum absolute atomic E-state index is 0.0981. The number of aryl methyl sites for hydroxylation is 1. The van der Waals surface area contributed by atoms with Gasteiger partial charge in [-0.1, -0.05) is 0 Å². The molecule has 0 amide bonds. The monoisotopic (exact) mass is 201 g/mol. The minimum Gasteiger partial charge on any atom is -0.282 e. The third-order valence-electron chi connectivity index (χ3n) is 1.59. The molecule has 3 nitrogen and oxygen atoms in total. The quantitative estimate of drug-likeness (QED) is 0.708. The maximum Gasteiger partial charge on any atom is 0.435 e. The topological polar surface area (TPSA) is 52.5 Å². The Morgan fingerprint density at radius 2 is 2.14 bits per heavy atom. The summed E-state index contributed by atoms with van der Waals surface area (Å²) in [7, 11) is 0. The number of hydrogen-bond donors (Lipinski definition) is 1. The molecule has 1 heterocycles. The SMILES string of the molecule is Cc1[nH]nc(C(F)(F)F)c1C=CC#N. The number of alkyl halides is 3. The van der Waals surface area contributed by atoms with Crippen LogP contribution in [-0.2, 0) is 6.18 Å². The van der Waals surface area contributed by atoms with E-state index in [1.54, 1.807) is 6.07 Å². The number of nitrogens with one attached hydrogen (secondary N) is 1. The van der Waals surface area contributed by atoms with Crippen molar-refractivity contribution in [1.82, 2.24) is 10.2 Å². The molecule has 6 heteroatoms. The van der Waals surface area contributed by atoms with Gasteiger partial charge in [0.1, 0.15) is 0 Å². The van der Waals surface area contributed by atoms with Crippen LogP contribution in [0.4, 0.5) is 13.2 Å². The lowest BCUT2D eigenvalue weighted by atomic mass is 10.1. The van der Waals surface area contributed by atoms with Gasteiger partial charge in [-0.15, -0.1) is 0 Å². The van der Waals surface area contributed by atoms with Gasteiger partial charge in [0, 0.05) is 17.3 Å². The number of nitrogens with zero attached hydrogens (tertiary/aromatic N) is 2. The van der Waals surface area contributed by atoms with Gasteiger partial charge in [0.05, 0.1) is 6.07 Å². The highest BCUT2D eigenvalue weighted by atomic mass is 19.4. The molecule has 0 atom stereocenters. The lowest BCUT2D eigenvalue weighted by molar-refractivity contribution is -0.141. The molecule has 0 aliphatic heterocycles. The van der Waals surface area contributed by atoms with Crippen molar-refractivity contribution < 1.29 is 13.2 Å². The highest BCUT2D eigenvalue weighted by Gasteiger charge is 2.36. The van der Waals surface area contributed by atoms with Crippen molar-refractivity contribution in [3.8, 4) is 6.07 Å². The van der Waals surface area contributed by atoms with E-state index >= 15 is 0 Å². The Labute approximate surface area is 77.9 Å². The van der Waals surface area contributed by atoms with Crippen molar-refractivity contribution >= 4 is 6.08 Å². The van der Waals surface area contributed by atoms with Crippen molar-refractivity contribution in [2.75, 3.05) is 0 Å². The number of hydrogen-bond acceptors (Lipinski definition) is 2. The Hall–Kier alpha value is -1.77. The zero-order valence-corrected chi connectivity index (χ0v) is 7.18. The van der Waals surface area contributed by atoms with E-state index in [-0.39, 0.29) is 11.3 Å². The fourth-order valence-corrected chi connectivity index (χ4v) is 0.978. The molecule has 0 bridgehead atoms. The van der Waals surface area contributed by atoms with Crippen LogP contribution in [0.15, 0.2) is 6.08 Å². The van der Waals surface area contributed by atoms with Crippen LogP contribution in [0.25, 0.3) is 6.08 Å². The fourth-order valence-electron chi connectivity index (χ4n) is 0.978. The third-order valence-corrected chi connectivity index (χ3v) is 1.59. The molecule has 0 radical (unpaired) electrons. The van der Waals surface area contributed by atoms with Gasteiger partial charge >= 0.3 is 6.18 Å². The van der Waals surface area contributed by atoms with Gasteiger partial charge < -0.3 is 0 Å². The summed E-state index contributed by atoms with van der Waals surface area (Å²) in [6.07, 6.45) is -2.44. The predicted molar refractivity (Wildman–Crippen MR) is 43.0 cm³/mol. The lowest BCUT2D eigenvalue weighted by Crippen LogP contribution is -2.07. The Morgan fingerprint density at radius 1 is 1.50 bits per heavy atom. The van der Waals surface area contributed by atoms with Crippen LogP contribution >= 0.6 is 0 Å². The summed E-state index contributed by atoms with van der Waals surface area (Å²) in [5.74, 6) is 0. The first kappa shape index (κ1) is 10.3. The first-order valence-corrected chi connectivity index (χ1v) is 3.65. The van der Waals surface area contributed by atoms with Crippen LogP contribution in [0.3, 0.4) is 0 Å². The number of aromatic nitrogens is 2. The maximum atomic E-state index is 12.3. The van der Waals surface area contributed by atoms with E-state index in [2.05, 4.69) is 10.2 Å². The summed E-state index contributed by atoms with van der Waals surface area (Å²) in [5.41, 5.74) is -0.815. The molecule has 1 aromatic rings. The highest BCUT2D eigenvalue weighted by molar-refractivity contribution is 5.57. The number of H-pyrrole nitrogens is 1. The molecule has 0 fully saturated rings. The van der Waals surface area contributed by atoms with Crippen LogP contribution in [0.1, 0.15) is 17.0 Å². The normalized spacial score (nSPS) is 11.9. The van der Waals surface area contributed by atoms with Crippen molar-refractivity contribution in [1.29, 1.82) is 5.26 Å². The van der Waals surface area contributed by atoms with Gasteiger partial charge in [0.25, 0.3) is 0 Å². The minimum atomic E-state index is -4.50. The molecule has 1 aromatic heterocycles. The molecule has 0 saturated heterocycles. The average Bonchev–Trinajstić information content (AvgIpc) is 2.42. The number of allylic oxidation sites excluding steroid dienone is 1. The average molecular weight is 201 g/mol. The van der Waals surface area contributed by atoms with E-state index in [1.807, 2.05) is 0 Å². The second-order valence-corrected chi connectivity index (χ2v) is 2.57. The maximum absolute atomic E-state index is 12.3.